The Morgan fingerprint density at radius 2 is 2.08 bits per heavy atom. The van der Waals surface area contributed by atoms with Crippen molar-refractivity contribution in [2.24, 2.45) is 23.7 Å². The predicted octanol–water partition coefficient (Wildman–Crippen LogP) is 1.45. The maximum absolute atomic E-state index is 12.7. The van der Waals surface area contributed by atoms with Crippen LogP contribution < -0.4 is 10.1 Å². The Morgan fingerprint density at radius 3 is 2.75 bits per heavy atom. The van der Waals surface area contributed by atoms with Gasteiger partial charge in [0.1, 0.15) is 17.8 Å². The summed E-state index contributed by atoms with van der Waals surface area (Å²) in [4.78, 5) is 12.7. The van der Waals surface area contributed by atoms with Crippen molar-refractivity contribution in [2.45, 2.75) is 25.3 Å². The molecule has 3 saturated carbocycles. The molecular weight excluding hydrogens is 306 g/mol. The van der Waals surface area contributed by atoms with Gasteiger partial charge in [-0.3, -0.25) is 4.79 Å². The van der Waals surface area contributed by atoms with E-state index in [1.165, 1.54) is 30.3 Å². The standard InChI is InChI=1S/C17H19N5O2/c1-24-13-5-4-11(7-12(13)22-8-18-20-21-22)17(23)19-16-14-9-2-3-10(6-9)15(14)16/h4-5,7-10,14-16H,2-3,6H2,1H3,(H,19,23)/t9-,10-,14-,15+,16?/m0/s1. The smallest absolute Gasteiger partial charge is 0.251 e. The molecule has 124 valence electrons. The number of aromatic nitrogens is 4. The van der Waals surface area contributed by atoms with Crippen LogP contribution in [0.5, 0.6) is 5.75 Å². The van der Waals surface area contributed by atoms with E-state index in [0.29, 0.717) is 23.0 Å². The van der Waals surface area contributed by atoms with Gasteiger partial charge in [-0.2, -0.15) is 4.68 Å². The predicted molar refractivity (Wildman–Crippen MR) is 84.8 cm³/mol. The summed E-state index contributed by atoms with van der Waals surface area (Å²) in [6, 6.07) is 5.72. The number of tetrazole rings is 1. The van der Waals surface area contributed by atoms with Crippen molar-refractivity contribution >= 4 is 5.91 Å². The number of amides is 1. The topological polar surface area (TPSA) is 81.9 Å². The van der Waals surface area contributed by atoms with E-state index in [1.807, 2.05) is 0 Å². The zero-order valence-corrected chi connectivity index (χ0v) is 13.4. The third kappa shape index (κ3) is 1.96. The van der Waals surface area contributed by atoms with Crippen LogP contribution in [0.3, 0.4) is 0 Å². The molecule has 24 heavy (non-hydrogen) atoms. The average Bonchev–Trinajstić information content (AvgIpc) is 3.06. The molecule has 5 rings (SSSR count). The van der Waals surface area contributed by atoms with Gasteiger partial charge in [0.05, 0.1) is 7.11 Å². The van der Waals surface area contributed by atoms with Crippen LogP contribution in [0.2, 0.25) is 0 Å². The largest absolute Gasteiger partial charge is 0.494 e. The van der Waals surface area contributed by atoms with Gasteiger partial charge in [-0.15, -0.1) is 5.10 Å². The molecule has 0 radical (unpaired) electrons. The Bertz CT molecular complexity index is 774. The van der Waals surface area contributed by atoms with E-state index in [9.17, 15) is 4.79 Å². The number of carbonyl (C=O) groups excluding carboxylic acids is 1. The number of hydrogen-bond acceptors (Lipinski definition) is 5. The molecule has 3 aliphatic carbocycles. The first-order valence-electron chi connectivity index (χ1n) is 8.48. The fraction of sp³-hybridized carbons (Fsp3) is 0.529. The number of carbonyl (C=O) groups is 1. The number of methoxy groups -OCH3 is 1. The number of ether oxygens (including phenoxy) is 1. The second kappa shape index (κ2) is 5.03. The van der Waals surface area contributed by atoms with Crippen LogP contribution in [0.4, 0.5) is 0 Å². The lowest BCUT2D eigenvalue weighted by Gasteiger charge is -2.12. The highest BCUT2D eigenvalue weighted by molar-refractivity contribution is 5.95. The van der Waals surface area contributed by atoms with Crippen LogP contribution >= 0.6 is 0 Å². The summed E-state index contributed by atoms with van der Waals surface area (Å²) < 4.78 is 6.85. The van der Waals surface area contributed by atoms with E-state index in [4.69, 9.17) is 4.74 Å². The Balaban J connectivity index is 1.37. The van der Waals surface area contributed by atoms with Crippen LogP contribution in [-0.4, -0.2) is 39.3 Å². The summed E-state index contributed by atoms with van der Waals surface area (Å²) in [5.74, 6) is 3.75. The minimum absolute atomic E-state index is 0.0224. The maximum Gasteiger partial charge on any atom is 0.251 e. The highest BCUT2D eigenvalue weighted by Gasteiger charge is 2.65. The molecule has 5 atom stereocenters. The van der Waals surface area contributed by atoms with Crippen LogP contribution in [0.15, 0.2) is 24.5 Å². The second-order valence-electron chi connectivity index (χ2n) is 7.13. The number of nitrogens with zero attached hydrogens (tertiary/aromatic N) is 4. The van der Waals surface area contributed by atoms with Gasteiger partial charge in [-0.05, 0) is 71.6 Å². The van der Waals surface area contributed by atoms with Crippen molar-refractivity contribution in [3.05, 3.63) is 30.1 Å². The minimum Gasteiger partial charge on any atom is -0.494 e. The van der Waals surface area contributed by atoms with Gasteiger partial charge in [0.25, 0.3) is 5.91 Å². The summed E-state index contributed by atoms with van der Waals surface area (Å²) in [6.45, 7) is 0. The summed E-state index contributed by atoms with van der Waals surface area (Å²) in [5, 5.41) is 14.4. The summed E-state index contributed by atoms with van der Waals surface area (Å²) >= 11 is 0. The summed E-state index contributed by atoms with van der Waals surface area (Å²) in [5.41, 5.74) is 1.27. The fourth-order valence-electron chi connectivity index (χ4n) is 5.04. The van der Waals surface area contributed by atoms with Gasteiger partial charge < -0.3 is 10.1 Å². The molecule has 7 nitrogen and oxygen atoms in total. The quantitative estimate of drug-likeness (QED) is 0.920. The molecule has 1 aromatic carbocycles. The molecule has 1 unspecified atom stereocenters. The Morgan fingerprint density at radius 1 is 1.29 bits per heavy atom. The fourth-order valence-corrected chi connectivity index (χ4v) is 5.04. The van der Waals surface area contributed by atoms with Crippen molar-refractivity contribution < 1.29 is 9.53 Å². The Kier molecular flexibility index (Phi) is 2.92. The van der Waals surface area contributed by atoms with Crippen LogP contribution in [0.1, 0.15) is 29.6 Å². The lowest BCUT2D eigenvalue weighted by atomic mass is 10.0. The molecule has 3 aliphatic rings. The van der Waals surface area contributed by atoms with Gasteiger partial charge in [-0.25, -0.2) is 0 Å². The third-order valence-electron chi connectivity index (χ3n) is 6.07. The Labute approximate surface area is 139 Å². The summed E-state index contributed by atoms with van der Waals surface area (Å²) in [6.07, 6.45) is 5.57. The van der Waals surface area contributed by atoms with Crippen molar-refractivity contribution in [2.75, 3.05) is 7.11 Å². The van der Waals surface area contributed by atoms with E-state index in [2.05, 4.69) is 20.8 Å². The Hall–Kier alpha value is -2.44. The third-order valence-corrected chi connectivity index (χ3v) is 6.07. The van der Waals surface area contributed by atoms with Crippen molar-refractivity contribution in [3.8, 4) is 11.4 Å². The van der Waals surface area contributed by atoms with E-state index in [-0.39, 0.29) is 5.91 Å². The highest BCUT2D eigenvalue weighted by atomic mass is 16.5. The van der Waals surface area contributed by atoms with E-state index >= 15 is 0 Å². The first-order valence-corrected chi connectivity index (χ1v) is 8.48. The van der Waals surface area contributed by atoms with E-state index < -0.39 is 0 Å². The molecule has 1 aromatic heterocycles. The first-order chi connectivity index (χ1) is 11.8. The number of rotatable bonds is 4. The van der Waals surface area contributed by atoms with E-state index in [0.717, 1.165) is 23.7 Å². The normalized spacial score (nSPS) is 32.5. The molecule has 1 heterocycles. The van der Waals surface area contributed by atoms with Gasteiger partial charge in [0, 0.05) is 11.6 Å². The molecule has 0 spiro atoms. The molecule has 2 aromatic rings. The lowest BCUT2D eigenvalue weighted by Crippen LogP contribution is -2.30. The lowest BCUT2D eigenvalue weighted by molar-refractivity contribution is 0.0944. The van der Waals surface area contributed by atoms with Gasteiger partial charge in [0.2, 0.25) is 0 Å². The zero-order valence-electron chi connectivity index (χ0n) is 13.4. The summed E-state index contributed by atoms with van der Waals surface area (Å²) in [7, 11) is 1.59. The SMILES string of the molecule is COc1ccc(C(=O)NC2[C@@H]3[C@H]4CC[C@@H](C4)[C@H]23)cc1-n1cnnn1. The monoisotopic (exact) mass is 325 g/mol. The van der Waals surface area contributed by atoms with Crippen LogP contribution in [-0.2, 0) is 0 Å². The molecule has 7 heteroatoms. The number of fused-ring (bicyclic) bond motifs is 5. The van der Waals surface area contributed by atoms with Crippen LogP contribution in [0, 0.1) is 23.7 Å². The molecule has 0 aliphatic heterocycles. The van der Waals surface area contributed by atoms with Crippen LogP contribution in [0.25, 0.3) is 5.69 Å². The minimum atomic E-state index is -0.0224. The van der Waals surface area contributed by atoms with Crippen molar-refractivity contribution in [1.82, 2.24) is 25.5 Å². The average molecular weight is 325 g/mol. The second-order valence-corrected chi connectivity index (χ2v) is 7.13. The number of benzene rings is 1. The molecule has 2 bridgehead atoms. The number of nitrogens with one attached hydrogen (secondary N) is 1. The molecule has 0 saturated heterocycles. The van der Waals surface area contributed by atoms with Gasteiger partial charge >= 0.3 is 0 Å². The van der Waals surface area contributed by atoms with E-state index in [1.54, 1.807) is 25.3 Å². The molecule has 1 amide bonds. The van der Waals surface area contributed by atoms with Crippen molar-refractivity contribution in [3.63, 3.8) is 0 Å². The molecular formula is C17H19N5O2. The number of hydrogen-bond donors (Lipinski definition) is 1. The molecule has 3 fully saturated rings. The molecule has 1 N–H and O–H groups in total. The highest BCUT2D eigenvalue weighted by Crippen LogP contribution is 2.65. The maximum atomic E-state index is 12.7. The van der Waals surface area contributed by atoms with Crippen molar-refractivity contribution in [1.29, 1.82) is 0 Å². The van der Waals surface area contributed by atoms with Gasteiger partial charge in [-0.1, -0.05) is 0 Å². The van der Waals surface area contributed by atoms with Gasteiger partial charge in [0.15, 0.2) is 0 Å². The zero-order chi connectivity index (χ0) is 16.3. The first kappa shape index (κ1) is 13.9.